The van der Waals surface area contributed by atoms with Gasteiger partial charge in [-0.1, -0.05) is 147 Å². The van der Waals surface area contributed by atoms with Crippen LogP contribution in [-0.2, 0) is 19.5 Å². The van der Waals surface area contributed by atoms with Gasteiger partial charge in [0.25, 0.3) is 5.82 Å². The molecule has 0 spiro atoms. The molecule has 2 nitrogen and oxygen atoms in total. The van der Waals surface area contributed by atoms with Crippen LogP contribution in [0.15, 0.2) is 42.7 Å². The first-order valence-electron chi connectivity index (χ1n) is 15.5. The molecule has 1 heterocycles. The summed E-state index contributed by atoms with van der Waals surface area (Å²) in [5.74, 6) is 1.53. The van der Waals surface area contributed by atoms with E-state index in [-0.39, 0.29) is 0 Å². The second kappa shape index (κ2) is 20.6. The van der Waals surface area contributed by atoms with E-state index in [1.54, 1.807) is 0 Å². The SMILES string of the molecule is CCCCCCCCCCCCCCC[n+]1ccn(Cc2ccccc2)c1CCCCCCCC. The van der Waals surface area contributed by atoms with E-state index >= 15 is 0 Å². The number of aromatic nitrogens is 2. The van der Waals surface area contributed by atoms with Crippen LogP contribution in [0.2, 0.25) is 0 Å². The monoisotopic (exact) mass is 481 g/mol. The Bertz CT molecular complexity index is 718. The van der Waals surface area contributed by atoms with Crippen molar-refractivity contribution in [1.82, 2.24) is 4.57 Å². The Morgan fingerprint density at radius 3 is 1.60 bits per heavy atom. The van der Waals surface area contributed by atoms with E-state index in [0.717, 1.165) is 6.54 Å². The first-order chi connectivity index (χ1) is 17.3. The molecule has 0 saturated heterocycles. The topological polar surface area (TPSA) is 8.81 Å². The fourth-order valence-electron chi connectivity index (χ4n) is 5.28. The quantitative estimate of drug-likeness (QED) is 0.110. The fourth-order valence-corrected chi connectivity index (χ4v) is 5.28. The Balaban J connectivity index is 1.66. The summed E-state index contributed by atoms with van der Waals surface area (Å²) in [6.45, 7) is 6.79. The molecule has 0 N–H and O–H groups in total. The van der Waals surface area contributed by atoms with Gasteiger partial charge < -0.3 is 0 Å². The molecule has 0 amide bonds. The number of benzene rings is 1. The number of hydrogen-bond acceptors (Lipinski definition) is 0. The first-order valence-corrected chi connectivity index (χ1v) is 15.5. The summed E-state index contributed by atoms with van der Waals surface area (Å²) in [5.41, 5.74) is 1.40. The van der Waals surface area contributed by atoms with Crippen LogP contribution < -0.4 is 4.57 Å². The molecule has 0 unspecified atom stereocenters. The minimum absolute atomic E-state index is 0.998. The number of unbranched alkanes of at least 4 members (excludes halogenated alkanes) is 17. The Hall–Kier alpha value is -1.57. The largest absolute Gasteiger partial charge is 0.256 e. The molecule has 2 rings (SSSR count). The van der Waals surface area contributed by atoms with Gasteiger partial charge in [0.15, 0.2) is 0 Å². The molecule has 0 fully saturated rings. The lowest BCUT2D eigenvalue weighted by molar-refractivity contribution is -0.704. The lowest BCUT2D eigenvalue weighted by Gasteiger charge is -2.07. The molecule has 2 heteroatoms. The second-order valence-electron chi connectivity index (χ2n) is 10.8. The molecule has 198 valence electrons. The standard InChI is InChI=1S/C33H57N2/c1-3-5-7-9-11-12-13-14-15-16-17-19-24-28-34-29-30-35(31-32-25-21-20-22-26-32)33(34)27-23-18-10-8-6-4-2/h20-22,25-26,29-30H,3-19,23-24,27-28,31H2,1-2H3/q+1. The molecule has 0 bridgehead atoms. The molecule has 0 aliphatic carbocycles. The van der Waals surface area contributed by atoms with E-state index in [9.17, 15) is 0 Å². The van der Waals surface area contributed by atoms with Crippen molar-refractivity contribution in [2.75, 3.05) is 0 Å². The molecular formula is C33H57N2+. The van der Waals surface area contributed by atoms with Crippen LogP contribution in [0.4, 0.5) is 0 Å². The third-order valence-electron chi connectivity index (χ3n) is 7.54. The summed E-state index contributed by atoms with van der Waals surface area (Å²) in [5, 5.41) is 0. The molecular weight excluding hydrogens is 424 g/mol. The minimum atomic E-state index is 0.998. The smallest absolute Gasteiger partial charge is 0.234 e. The first kappa shape index (κ1) is 29.7. The lowest BCUT2D eigenvalue weighted by atomic mass is 10.0. The van der Waals surface area contributed by atoms with Crippen molar-refractivity contribution < 1.29 is 4.57 Å². The van der Waals surface area contributed by atoms with E-state index in [1.807, 2.05) is 0 Å². The van der Waals surface area contributed by atoms with Gasteiger partial charge in [-0.3, -0.25) is 0 Å². The van der Waals surface area contributed by atoms with Crippen molar-refractivity contribution in [2.24, 2.45) is 0 Å². The maximum atomic E-state index is 2.56. The summed E-state index contributed by atoms with van der Waals surface area (Å²) in [6.07, 6.45) is 32.6. The van der Waals surface area contributed by atoms with E-state index in [2.05, 4.69) is 65.7 Å². The van der Waals surface area contributed by atoms with Crippen molar-refractivity contribution in [2.45, 2.75) is 155 Å². The molecule has 0 saturated carbocycles. The summed E-state index contributed by atoms with van der Waals surface area (Å²) in [7, 11) is 0. The summed E-state index contributed by atoms with van der Waals surface area (Å²) >= 11 is 0. The van der Waals surface area contributed by atoms with Crippen LogP contribution in [0.25, 0.3) is 0 Å². The van der Waals surface area contributed by atoms with Gasteiger partial charge >= 0.3 is 0 Å². The van der Waals surface area contributed by atoms with Crippen LogP contribution in [0.3, 0.4) is 0 Å². The van der Waals surface area contributed by atoms with Crippen molar-refractivity contribution >= 4 is 0 Å². The Morgan fingerprint density at radius 1 is 0.571 bits per heavy atom. The van der Waals surface area contributed by atoms with Gasteiger partial charge in [-0.15, -0.1) is 0 Å². The molecule has 0 aliphatic heterocycles. The normalized spacial score (nSPS) is 11.4. The Labute approximate surface area is 218 Å². The third-order valence-corrected chi connectivity index (χ3v) is 7.54. The third kappa shape index (κ3) is 13.9. The van der Waals surface area contributed by atoms with E-state index in [4.69, 9.17) is 0 Å². The van der Waals surface area contributed by atoms with Crippen molar-refractivity contribution in [1.29, 1.82) is 0 Å². The molecule has 2 aromatic rings. The van der Waals surface area contributed by atoms with Gasteiger partial charge in [0.2, 0.25) is 0 Å². The maximum Gasteiger partial charge on any atom is 0.256 e. The molecule has 0 atom stereocenters. The van der Waals surface area contributed by atoms with Crippen LogP contribution in [0, 0.1) is 0 Å². The zero-order chi connectivity index (χ0) is 24.8. The van der Waals surface area contributed by atoms with Gasteiger partial charge in [0.1, 0.15) is 18.9 Å². The number of nitrogens with zero attached hydrogens (tertiary/aromatic N) is 2. The van der Waals surface area contributed by atoms with Crippen molar-refractivity contribution in [3.05, 3.63) is 54.1 Å². The van der Waals surface area contributed by atoms with Crippen molar-refractivity contribution in [3.8, 4) is 0 Å². The van der Waals surface area contributed by atoms with Crippen LogP contribution in [-0.4, -0.2) is 4.57 Å². The zero-order valence-corrected chi connectivity index (χ0v) is 23.5. The summed E-state index contributed by atoms with van der Waals surface area (Å²) in [4.78, 5) is 0. The fraction of sp³-hybridized carbons (Fsp3) is 0.727. The highest BCUT2D eigenvalue weighted by molar-refractivity contribution is 5.15. The lowest BCUT2D eigenvalue weighted by Crippen LogP contribution is -2.37. The van der Waals surface area contributed by atoms with Crippen LogP contribution >= 0.6 is 0 Å². The number of rotatable bonds is 23. The van der Waals surface area contributed by atoms with Gasteiger partial charge in [-0.05, 0) is 24.8 Å². The maximum absolute atomic E-state index is 2.56. The summed E-state index contributed by atoms with van der Waals surface area (Å²) < 4.78 is 5.07. The van der Waals surface area contributed by atoms with Crippen LogP contribution in [0.5, 0.6) is 0 Å². The Kier molecular flexibility index (Phi) is 17.5. The predicted octanol–water partition coefficient (Wildman–Crippen LogP) is 9.82. The average Bonchev–Trinajstić information content (AvgIpc) is 3.25. The highest BCUT2D eigenvalue weighted by atomic mass is 15.1. The number of imidazole rings is 1. The molecule has 0 radical (unpaired) electrons. The molecule has 0 aliphatic rings. The Morgan fingerprint density at radius 2 is 1.06 bits per heavy atom. The predicted molar refractivity (Wildman–Crippen MR) is 153 cm³/mol. The minimum Gasteiger partial charge on any atom is -0.234 e. The van der Waals surface area contributed by atoms with Gasteiger partial charge in [0, 0.05) is 6.42 Å². The zero-order valence-electron chi connectivity index (χ0n) is 23.5. The number of hydrogen-bond donors (Lipinski definition) is 0. The molecule has 1 aromatic carbocycles. The van der Waals surface area contributed by atoms with E-state index in [0.29, 0.717) is 0 Å². The van der Waals surface area contributed by atoms with E-state index < -0.39 is 0 Å². The van der Waals surface area contributed by atoms with Gasteiger partial charge in [-0.25, -0.2) is 9.13 Å². The molecule has 1 aromatic heterocycles. The van der Waals surface area contributed by atoms with E-state index in [1.165, 1.54) is 146 Å². The number of aryl methyl sites for hydroxylation is 1. The van der Waals surface area contributed by atoms with Crippen molar-refractivity contribution in [3.63, 3.8) is 0 Å². The average molecular weight is 482 g/mol. The van der Waals surface area contributed by atoms with Gasteiger partial charge in [0.05, 0.1) is 6.54 Å². The highest BCUT2D eigenvalue weighted by Crippen LogP contribution is 2.14. The van der Waals surface area contributed by atoms with Gasteiger partial charge in [-0.2, -0.15) is 0 Å². The second-order valence-corrected chi connectivity index (χ2v) is 10.8. The molecule has 35 heavy (non-hydrogen) atoms. The van der Waals surface area contributed by atoms with Crippen LogP contribution in [0.1, 0.15) is 147 Å². The summed E-state index contributed by atoms with van der Waals surface area (Å²) in [6, 6.07) is 10.9. The highest BCUT2D eigenvalue weighted by Gasteiger charge is 2.17.